The van der Waals surface area contributed by atoms with Crippen LogP contribution in [0, 0.1) is 6.92 Å². The molecule has 122 valence electrons. The zero-order valence-electron chi connectivity index (χ0n) is 13.6. The Balaban J connectivity index is 1.84. The minimum absolute atomic E-state index is 0.123. The minimum Gasteiger partial charge on any atom is -0.267 e. The summed E-state index contributed by atoms with van der Waals surface area (Å²) in [5.74, 6) is 0. The minimum atomic E-state index is -0.123. The van der Waals surface area contributed by atoms with Crippen molar-refractivity contribution < 1.29 is 0 Å². The molecule has 0 aliphatic heterocycles. The summed E-state index contributed by atoms with van der Waals surface area (Å²) >= 11 is 3.47. The normalized spacial score (nSPS) is 11.0. The van der Waals surface area contributed by atoms with E-state index in [0.29, 0.717) is 9.99 Å². The van der Waals surface area contributed by atoms with Crippen LogP contribution in [0.25, 0.3) is 27.6 Å². The molecular formula is C21H15BrN2O. The second-order valence-corrected chi connectivity index (χ2v) is 6.67. The summed E-state index contributed by atoms with van der Waals surface area (Å²) in [5, 5.41) is 5.88. The van der Waals surface area contributed by atoms with Gasteiger partial charge in [0, 0.05) is 5.39 Å². The molecule has 1 heterocycles. The van der Waals surface area contributed by atoms with Crippen molar-refractivity contribution in [1.29, 1.82) is 0 Å². The van der Waals surface area contributed by atoms with E-state index in [9.17, 15) is 4.79 Å². The maximum absolute atomic E-state index is 12.8. The van der Waals surface area contributed by atoms with Crippen LogP contribution >= 0.6 is 15.9 Å². The van der Waals surface area contributed by atoms with Gasteiger partial charge < -0.3 is 0 Å². The van der Waals surface area contributed by atoms with Crippen LogP contribution < -0.4 is 5.56 Å². The Hall–Kier alpha value is -2.72. The molecule has 4 heteroatoms. The lowest BCUT2D eigenvalue weighted by Crippen LogP contribution is -2.21. The molecule has 0 aliphatic carbocycles. The molecule has 0 unspecified atom stereocenters. The molecule has 3 nitrogen and oxygen atoms in total. The summed E-state index contributed by atoms with van der Waals surface area (Å²) in [6.45, 7) is 2.09. The van der Waals surface area contributed by atoms with Crippen molar-refractivity contribution in [2.45, 2.75) is 6.92 Å². The highest BCUT2D eigenvalue weighted by molar-refractivity contribution is 9.10. The van der Waals surface area contributed by atoms with Crippen molar-refractivity contribution in [3.8, 4) is 16.8 Å². The predicted molar refractivity (Wildman–Crippen MR) is 105 cm³/mol. The third kappa shape index (κ3) is 2.79. The summed E-state index contributed by atoms with van der Waals surface area (Å²) in [6.07, 6.45) is 0. The molecule has 25 heavy (non-hydrogen) atoms. The average molecular weight is 391 g/mol. The Morgan fingerprint density at radius 3 is 2.20 bits per heavy atom. The fraction of sp³-hybridized carbons (Fsp3) is 0.0476. The van der Waals surface area contributed by atoms with E-state index in [2.05, 4.69) is 40.1 Å². The number of rotatable bonds is 2. The second-order valence-electron chi connectivity index (χ2n) is 5.92. The zero-order valence-corrected chi connectivity index (χ0v) is 15.2. The number of benzene rings is 3. The molecule has 4 aromatic rings. The van der Waals surface area contributed by atoms with Gasteiger partial charge in [0.2, 0.25) is 0 Å². The number of aromatic nitrogens is 2. The topological polar surface area (TPSA) is 34.9 Å². The first-order chi connectivity index (χ1) is 12.1. The molecule has 3 aromatic carbocycles. The summed E-state index contributed by atoms with van der Waals surface area (Å²) in [4.78, 5) is 12.8. The first-order valence-electron chi connectivity index (χ1n) is 7.99. The van der Waals surface area contributed by atoms with Gasteiger partial charge in [-0.1, -0.05) is 54.6 Å². The largest absolute Gasteiger partial charge is 0.279 e. The van der Waals surface area contributed by atoms with Gasteiger partial charge in [-0.25, -0.2) is 0 Å². The van der Waals surface area contributed by atoms with Gasteiger partial charge in [-0.05, 0) is 57.7 Å². The number of halogens is 1. The predicted octanol–water partition coefficient (Wildman–Crippen LogP) is 5.12. The van der Waals surface area contributed by atoms with Crippen LogP contribution in [0.15, 0.2) is 82.2 Å². The second kappa shape index (κ2) is 6.30. The number of fused-ring (bicyclic) bond motifs is 1. The highest BCUT2D eigenvalue weighted by Gasteiger charge is 2.10. The summed E-state index contributed by atoms with van der Waals surface area (Å²) in [5.41, 5.74) is 4.15. The van der Waals surface area contributed by atoms with Crippen LogP contribution in [0.4, 0.5) is 0 Å². The van der Waals surface area contributed by atoms with Crippen molar-refractivity contribution in [3.05, 3.63) is 93.3 Å². The quantitative estimate of drug-likeness (QED) is 0.475. The number of hydrogen-bond acceptors (Lipinski definition) is 2. The maximum atomic E-state index is 12.8. The smallest absolute Gasteiger partial charge is 0.267 e. The Kier molecular flexibility index (Phi) is 3.98. The Labute approximate surface area is 153 Å². The van der Waals surface area contributed by atoms with E-state index in [1.165, 1.54) is 15.8 Å². The van der Waals surface area contributed by atoms with Crippen molar-refractivity contribution in [2.24, 2.45) is 0 Å². The summed E-state index contributed by atoms with van der Waals surface area (Å²) < 4.78 is 2.10. The molecule has 0 radical (unpaired) electrons. The van der Waals surface area contributed by atoms with E-state index in [-0.39, 0.29) is 5.56 Å². The lowest BCUT2D eigenvalue weighted by molar-refractivity contribution is 0.809. The van der Waals surface area contributed by atoms with Crippen molar-refractivity contribution in [3.63, 3.8) is 0 Å². The lowest BCUT2D eigenvalue weighted by atomic mass is 10.0. The molecule has 0 saturated carbocycles. The molecule has 1 aromatic heterocycles. The highest BCUT2D eigenvalue weighted by atomic mass is 79.9. The van der Waals surface area contributed by atoms with Crippen LogP contribution in [-0.4, -0.2) is 9.78 Å². The van der Waals surface area contributed by atoms with E-state index in [1.807, 2.05) is 60.7 Å². The fourth-order valence-electron chi connectivity index (χ4n) is 3.00. The third-order valence-corrected chi connectivity index (χ3v) is 4.91. The molecule has 0 amide bonds. The van der Waals surface area contributed by atoms with Crippen LogP contribution in [0.3, 0.4) is 0 Å². The van der Waals surface area contributed by atoms with Gasteiger partial charge in [0.05, 0.1) is 11.1 Å². The first-order valence-corrected chi connectivity index (χ1v) is 8.78. The molecule has 0 bridgehead atoms. The molecule has 0 aliphatic rings. The van der Waals surface area contributed by atoms with Crippen molar-refractivity contribution in [2.75, 3.05) is 0 Å². The molecule has 4 rings (SSSR count). The van der Waals surface area contributed by atoms with E-state index in [0.717, 1.165) is 16.6 Å². The van der Waals surface area contributed by atoms with Crippen molar-refractivity contribution >= 4 is 26.7 Å². The number of nitrogens with zero attached hydrogens (tertiary/aromatic N) is 2. The van der Waals surface area contributed by atoms with Crippen molar-refractivity contribution in [1.82, 2.24) is 9.78 Å². The van der Waals surface area contributed by atoms with Crippen LogP contribution in [0.2, 0.25) is 0 Å². The van der Waals surface area contributed by atoms with E-state index in [1.54, 1.807) is 0 Å². The number of aryl methyl sites for hydroxylation is 1. The highest BCUT2D eigenvalue weighted by Crippen LogP contribution is 2.24. The van der Waals surface area contributed by atoms with E-state index < -0.39 is 0 Å². The molecule has 0 saturated heterocycles. The Morgan fingerprint density at radius 2 is 1.48 bits per heavy atom. The third-order valence-electron chi connectivity index (χ3n) is 4.33. The van der Waals surface area contributed by atoms with Gasteiger partial charge in [-0.3, -0.25) is 4.79 Å². The standard InChI is InChI=1S/C21H15BrN2O/c1-14-6-2-3-7-17(14)15-10-12-16(13-11-15)24-21(25)19-9-5-4-8-18(19)20(22)23-24/h2-13H,1H3. The average Bonchev–Trinajstić information content (AvgIpc) is 2.65. The van der Waals surface area contributed by atoms with Gasteiger partial charge >= 0.3 is 0 Å². The van der Waals surface area contributed by atoms with Gasteiger partial charge in [-0.15, -0.1) is 0 Å². The fourth-order valence-corrected chi connectivity index (χ4v) is 3.51. The van der Waals surface area contributed by atoms with Crippen LogP contribution in [0.1, 0.15) is 5.56 Å². The van der Waals surface area contributed by atoms with Gasteiger partial charge in [0.1, 0.15) is 4.60 Å². The maximum Gasteiger partial charge on any atom is 0.279 e. The van der Waals surface area contributed by atoms with Gasteiger partial charge in [0.25, 0.3) is 5.56 Å². The Bertz CT molecular complexity index is 1130. The number of hydrogen-bond donors (Lipinski definition) is 0. The monoisotopic (exact) mass is 390 g/mol. The summed E-state index contributed by atoms with van der Waals surface area (Å²) in [7, 11) is 0. The molecular weight excluding hydrogens is 376 g/mol. The molecule has 0 fully saturated rings. The van der Waals surface area contributed by atoms with Crippen LogP contribution in [-0.2, 0) is 0 Å². The lowest BCUT2D eigenvalue weighted by Gasteiger charge is -2.10. The first kappa shape index (κ1) is 15.8. The summed E-state index contributed by atoms with van der Waals surface area (Å²) in [6, 6.07) is 23.6. The van der Waals surface area contributed by atoms with Gasteiger partial charge in [0.15, 0.2) is 0 Å². The van der Waals surface area contributed by atoms with Gasteiger partial charge in [-0.2, -0.15) is 9.78 Å². The molecule has 0 atom stereocenters. The Morgan fingerprint density at radius 1 is 0.840 bits per heavy atom. The molecule has 0 spiro atoms. The van der Waals surface area contributed by atoms with E-state index in [4.69, 9.17) is 0 Å². The van der Waals surface area contributed by atoms with E-state index >= 15 is 0 Å². The SMILES string of the molecule is Cc1ccccc1-c1ccc(-n2nc(Br)c3ccccc3c2=O)cc1. The zero-order chi connectivity index (χ0) is 17.4. The van der Waals surface area contributed by atoms with Crippen LogP contribution in [0.5, 0.6) is 0 Å². The molecule has 0 N–H and O–H groups in total.